The lowest BCUT2D eigenvalue weighted by molar-refractivity contribution is -0.197. The Kier molecular flexibility index (Phi) is 6.28. The molecule has 172 valence electrons. The van der Waals surface area contributed by atoms with Gasteiger partial charge in [0.2, 0.25) is 5.91 Å². The monoisotopic (exact) mass is 436 g/mol. The van der Waals surface area contributed by atoms with Crippen LogP contribution in [0, 0.1) is 22.2 Å². The first kappa shape index (κ1) is 22.5. The Bertz CT molecular complexity index is 715. The molecule has 0 bridgehead atoms. The number of rotatable bonds is 2. The second kappa shape index (κ2) is 8.66. The minimum atomic E-state index is -0.894. The van der Waals surface area contributed by atoms with Crippen LogP contribution in [-0.4, -0.2) is 61.5 Å². The molecule has 3 aliphatic heterocycles. The van der Waals surface area contributed by atoms with Crippen molar-refractivity contribution in [3.63, 3.8) is 0 Å². The first-order valence-corrected chi connectivity index (χ1v) is 11.3. The maximum absolute atomic E-state index is 11.8. The van der Waals surface area contributed by atoms with Gasteiger partial charge in [0, 0.05) is 32.2 Å². The lowest BCUT2D eigenvalue weighted by atomic mass is 9.70. The Morgan fingerprint density at radius 2 is 1.35 bits per heavy atom. The number of carboxylic acid groups (broad SMARTS) is 1. The molecule has 2 N–H and O–H groups in total. The minimum Gasteiger partial charge on any atom is -0.481 e. The number of ether oxygens (including phenoxy) is 4. The predicted molar refractivity (Wildman–Crippen MR) is 107 cm³/mol. The van der Waals surface area contributed by atoms with Crippen LogP contribution in [0.1, 0.15) is 64.2 Å². The van der Waals surface area contributed by atoms with Crippen molar-refractivity contribution in [2.45, 2.75) is 75.8 Å². The number of amides is 1. The molecule has 5 aliphatic rings. The number of nitrogens with zero attached hydrogens (tertiary/aromatic N) is 1. The number of hydrogen-bond donors (Lipinski definition) is 2. The highest BCUT2D eigenvalue weighted by atomic mass is 16.7. The molecule has 0 aromatic heterocycles. The zero-order valence-electron chi connectivity index (χ0n) is 18.0. The molecule has 0 aromatic carbocycles. The number of nitrogens with one attached hydrogen (secondary N) is 1. The smallest absolute Gasteiger partial charge is 0.310 e. The lowest BCUT2D eigenvalue weighted by Crippen LogP contribution is -2.43. The molecule has 2 aliphatic carbocycles. The fourth-order valence-electron chi connectivity index (χ4n) is 5.60. The summed E-state index contributed by atoms with van der Waals surface area (Å²) < 4.78 is 22.4. The summed E-state index contributed by atoms with van der Waals surface area (Å²) in [6, 6.07) is 1.98. The van der Waals surface area contributed by atoms with Crippen LogP contribution in [0.2, 0.25) is 0 Å². The number of aliphatic carboxylic acids is 1. The maximum Gasteiger partial charge on any atom is 0.310 e. The van der Waals surface area contributed by atoms with Crippen LogP contribution in [-0.2, 0) is 28.5 Å². The van der Waals surface area contributed by atoms with Gasteiger partial charge in [-0.15, -0.1) is 0 Å². The van der Waals surface area contributed by atoms with E-state index < -0.39 is 17.2 Å². The van der Waals surface area contributed by atoms with Gasteiger partial charge in [-0.3, -0.25) is 9.59 Å². The van der Waals surface area contributed by atoms with Gasteiger partial charge in [-0.1, -0.05) is 0 Å². The molecule has 1 amide bonds. The molecule has 9 nitrogen and oxygen atoms in total. The molecule has 31 heavy (non-hydrogen) atoms. The largest absolute Gasteiger partial charge is 0.481 e. The van der Waals surface area contributed by atoms with Crippen molar-refractivity contribution in [3.8, 4) is 6.07 Å². The van der Waals surface area contributed by atoms with E-state index >= 15 is 0 Å². The first-order chi connectivity index (χ1) is 14.9. The van der Waals surface area contributed by atoms with Crippen molar-refractivity contribution in [3.05, 3.63) is 0 Å². The molecule has 9 heteroatoms. The second-order valence-electron chi connectivity index (χ2n) is 9.42. The number of nitriles is 1. The molecule has 0 atom stereocenters. The van der Waals surface area contributed by atoms with E-state index in [1.165, 1.54) is 0 Å². The van der Waals surface area contributed by atoms with Gasteiger partial charge in [0.15, 0.2) is 11.6 Å². The van der Waals surface area contributed by atoms with Crippen LogP contribution in [0.5, 0.6) is 0 Å². The van der Waals surface area contributed by atoms with E-state index in [-0.39, 0.29) is 23.5 Å². The molecular formula is C22H32N2O7. The second-order valence-corrected chi connectivity index (χ2v) is 9.42. The summed E-state index contributed by atoms with van der Waals surface area (Å²) in [5.41, 5.74) is -0.990. The van der Waals surface area contributed by atoms with Crippen LogP contribution in [0.25, 0.3) is 0 Å². The standard InChI is InChI=1S/C11H15NO4.C11H17NO3/c12-6-5-10(9(13)14)1-3-11(4-2-10)15-7-8-16-11;13-9-10(5-6-12-9)1-3-11(4-2-10)14-7-8-15-11/h1-5,7-8H2,(H,13,14);1-8H2,(H,12,13). The number of carboxylic acids is 1. The average Bonchev–Trinajstić information content (AvgIpc) is 3.50. The Hall–Kier alpha value is -1.73. The van der Waals surface area contributed by atoms with Crippen LogP contribution >= 0.6 is 0 Å². The number of hydrogen-bond acceptors (Lipinski definition) is 7. The van der Waals surface area contributed by atoms with E-state index in [0.717, 1.165) is 38.6 Å². The molecule has 3 spiro atoms. The molecule has 0 unspecified atom stereocenters. The van der Waals surface area contributed by atoms with Crippen LogP contribution in [0.3, 0.4) is 0 Å². The van der Waals surface area contributed by atoms with Crippen molar-refractivity contribution in [1.82, 2.24) is 5.32 Å². The predicted octanol–water partition coefficient (Wildman–Crippen LogP) is 2.10. The molecule has 5 rings (SSSR count). The fraction of sp³-hybridized carbons (Fsp3) is 0.864. The Morgan fingerprint density at radius 1 is 0.871 bits per heavy atom. The van der Waals surface area contributed by atoms with Crippen molar-refractivity contribution in [2.24, 2.45) is 10.8 Å². The topological polar surface area (TPSA) is 127 Å². The summed E-state index contributed by atoms with van der Waals surface area (Å²) in [4.78, 5) is 23.0. The van der Waals surface area contributed by atoms with E-state index in [1.807, 2.05) is 6.07 Å². The van der Waals surface area contributed by atoms with Gasteiger partial charge in [-0.05, 0) is 32.1 Å². The zero-order chi connectivity index (χ0) is 22.0. The van der Waals surface area contributed by atoms with E-state index in [1.54, 1.807) is 0 Å². The highest BCUT2D eigenvalue weighted by Crippen LogP contribution is 2.48. The average molecular weight is 437 g/mol. The van der Waals surface area contributed by atoms with Gasteiger partial charge in [-0.25, -0.2) is 0 Å². The Labute approximate surface area is 182 Å². The van der Waals surface area contributed by atoms with Crippen LogP contribution < -0.4 is 5.32 Å². The quantitative estimate of drug-likeness (QED) is 0.674. The molecule has 2 saturated carbocycles. The SMILES string of the molecule is N#CCC1(C(=O)O)CCC2(CC1)OCCO2.O=C1NCCC12CCC1(CC2)OCCO1. The summed E-state index contributed by atoms with van der Waals surface area (Å²) in [6.07, 6.45) is 6.69. The van der Waals surface area contributed by atoms with Gasteiger partial charge in [-0.2, -0.15) is 5.26 Å². The van der Waals surface area contributed by atoms with Gasteiger partial charge in [0.1, 0.15) is 0 Å². The molecule has 5 fully saturated rings. The summed E-state index contributed by atoms with van der Waals surface area (Å²) in [6.45, 7) is 3.42. The van der Waals surface area contributed by atoms with Crippen LogP contribution in [0.15, 0.2) is 0 Å². The van der Waals surface area contributed by atoms with E-state index in [4.69, 9.17) is 24.2 Å². The Balaban J connectivity index is 0.000000149. The van der Waals surface area contributed by atoms with Crippen molar-refractivity contribution >= 4 is 11.9 Å². The van der Waals surface area contributed by atoms with E-state index in [0.29, 0.717) is 52.1 Å². The third kappa shape index (κ3) is 4.31. The molecule has 3 saturated heterocycles. The third-order valence-corrected chi connectivity index (χ3v) is 7.81. The summed E-state index contributed by atoms with van der Waals surface area (Å²) in [7, 11) is 0. The minimum absolute atomic E-state index is 0.0679. The summed E-state index contributed by atoms with van der Waals surface area (Å²) >= 11 is 0. The van der Waals surface area contributed by atoms with E-state index in [2.05, 4.69) is 5.32 Å². The fourth-order valence-corrected chi connectivity index (χ4v) is 5.60. The van der Waals surface area contributed by atoms with Gasteiger partial charge in [0.25, 0.3) is 0 Å². The normalized spacial score (nSPS) is 29.3. The first-order valence-electron chi connectivity index (χ1n) is 11.3. The van der Waals surface area contributed by atoms with Crippen LogP contribution in [0.4, 0.5) is 0 Å². The lowest BCUT2D eigenvalue weighted by Gasteiger charge is -2.39. The highest BCUT2D eigenvalue weighted by Gasteiger charge is 2.51. The third-order valence-electron chi connectivity index (χ3n) is 7.81. The summed E-state index contributed by atoms with van der Waals surface area (Å²) in [5.74, 6) is -1.53. The van der Waals surface area contributed by atoms with Crippen molar-refractivity contribution in [1.29, 1.82) is 5.26 Å². The maximum atomic E-state index is 11.8. The zero-order valence-corrected chi connectivity index (χ0v) is 18.0. The van der Waals surface area contributed by atoms with Crippen molar-refractivity contribution in [2.75, 3.05) is 33.0 Å². The van der Waals surface area contributed by atoms with Gasteiger partial charge < -0.3 is 29.4 Å². The molecule has 3 heterocycles. The highest BCUT2D eigenvalue weighted by molar-refractivity contribution is 5.84. The van der Waals surface area contributed by atoms with Gasteiger partial charge >= 0.3 is 5.97 Å². The molecular weight excluding hydrogens is 404 g/mol. The van der Waals surface area contributed by atoms with Gasteiger partial charge in [0.05, 0.1) is 49.7 Å². The van der Waals surface area contributed by atoms with Crippen molar-refractivity contribution < 1.29 is 33.6 Å². The molecule has 0 aromatic rings. The number of carbonyl (C=O) groups excluding carboxylic acids is 1. The molecule has 0 radical (unpaired) electrons. The summed E-state index contributed by atoms with van der Waals surface area (Å²) in [5, 5.41) is 20.9. The van der Waals surface area contributed by atoms with E-state index in [9.17, 15) is 14.7 Å². The number of carbonyl (C=O) groups is 2. The Morgan fingerprint density at radius 3 is 1.74 bits per heavy atom.